The van der Waals surface area contributed by atoms with E-state index in [4.69, 9.17) is 5.73 Å². The van der Waals surface area contributed by atoms with Gasteiger partial charge in [-0.05, 0) is 11.8 Å². The fourth-order valence-electron chi connectivity index (χ4n) is 0.553. The summed E-state index contributed by atoms with van der Waals surface area (Å²) >= 11 is 0. The highest BCUT2D eigenvalue weighted by molar-refractivity contribution is 5.73. The lowest BCUT2D eigenvalue weighted by molar-refractivity contribution is -0.119. The van der Waals surface area contributed by atoms with E-state index in [9.17, 15) is 4.79 Å². The Morgan fingerprint density at radius 1 is 1.44 bits per heavy atom. The number of nitrogens with two attached hydrogens (primary N) is 1. The second kappa shape index (κ2) is 3.49. The van der Waals surface area contributed by atoms with Crippen molar-refractivity contribution >= 4 is 5.91 Å². The maximum Gasteiger partial charge on any atom is 0.217 e. The van der Waals surface area contributed by atoms with Gasteiger partial charge in [0.05, 0.1) is 0 Å². The summed E-state index contributed by atoms with van der Waals surface area (Å²) in [5, 5.41) is 0. The molecular weight excluding hydrogens is 114 g/mol. The van der Waals surface area contributed by atoms with Crippen LogP contribution in [0.2, 0.25) is 0 Å². The molecule has 0 heterocycles. The maximum absolute atomic E-state index is 10.3. The Kier molecular flexibility index (Phi) is 3.28. The number of primary amides is 1. The van der Waals surface area contributed by atoms with Crippen LogP contribution in [0.25, 0.3) is 0 Å². The van der Waals surface area contributed by atoms with E-state index in [0.29, 0.717) is 18.3 Å². The van der Waals surface area contributed by atoms with Gasteiger partial charge in [-0.1, -0.05) is 20.8 Å². The molecule has 0 unspecified atom stereocenters. The van der Waals surface area contributed by atoms with E-state index < -0.39 is 0 Å². The number of rotatable bonds is 3. The lowest BCUT2D eigenvalue weighted by atomic mass is 9.95. The van der Waals surface area contributed by atoms with Gasteiger partial charge in [0.1, 0.15) is 0 Å². The van der Waals surface area contributed by atoms with Crippen molar-refractivity contribution in [3.05, 3.63) is 0 Å². The minimum Gasteiger partial charge on any atom is -0.370 e. The first kappa shape index (κ1) is 8.47. The van der Waals surface area contributed by atoms with Gasteiger partial charge < -0.3 is 5.73 Å². The van der Waals surface area contributed by atoms with Gasteiger partial charge in [0.15, 0.2) is 0 Å². The highest BCUT2D eigenvalue weighted by atomic mass is 16.1. The molecule has 1 atom stereocenters. The van der Waals surface area contributed by atoms with E-state index in [2.05, 4.69) is 13.8 Å². The monoisotopic (exact) mass is 129 g/mol. The highest BCUT2D eigenvalue weighted by Gasteiger charge is 2.08. The molecule has 0 fully saturated rings. The van der Waals surface area contributed by atoms with Crippen LogP contribution in [-0.2, 0) is 4.79 Å². The molecule has 0 bridgehead atoms. The molecule has 9 heavy (non-hydrogen) atoms. The summed E-state index contributed by atoms with van der Waals surface area (Å²) in [5.74, 6) is 0.774. The van der Waals surface area contributed by atoms with Crippen molar-refractivity contribution in [1.29, 1.82) is 0 Å². The molecule has 54 valence electrons. The Morgan fingerprint density at radius 3 is 2.00 bits per heavy atom. The average Bonchev–Trinajstić information content (AvgIpc) is 1.63. The van der Waals surface area contributed by atoms with Crippen LogP contribution in [0.1, 0.15) is 27.2 Å². The lowest BCUT2D eigenvalue weighted by Gasteiger charge is -2.11. The fraction of sp³-hybridized carbons (Fsp3) is 0.857. The largest absolute Gasteiger partial charge is 0.370 e. The molecule has 2 nitrogen and oxygen atoms in total. The summed E-state index contributed by atoms with van der Waals surface area (Å²) in [6, 6.07) is 0. The van der Waals surface area contributed by atoms with Crippen molar-refractivity contribution in [2.24, 2.45) is 17.6 Å². The van der Waals surface area contributed by atoms with Crippen LogP contribution in [0.5, 0.6) is 0 Å². The van der Waals surface area contributed by atoms with Gasteiger partial charge in [-0.3, -0.25) is 4.79 Å². The molecule has 0 aromatic carbocycles. The molecule has 0 aliphatic heterocycles. The van der Waals surface area contributed by atoms with Crippen LogP contribution in [0.3, 0.4) is 0 Å². The van der Waals surface area contributed by atoms with Crippen LogP contribution in [0.4, 0.5) is 0 Å². The van der Waals surface area contributed by atoms with Crippen LogP contribution in [0, 0.1) is 11.8 Å². The van der Waals surface area contributed by atoms with E-state index in [1.54, 1.807) is 0 Å². The fourth-order valence-corrected chi connectivity index (χ4v) is 0.553. The van der Waals surface area contributed by atoms with Crippen LogP contribution >= 0.6 is 0 Å². The van der Waals surface area contributed by atoms with Gasteiger partial charge in [0.2, 0.25) is 5.91 Å². The van der Waals surface area contributed by atoms with Crippen molar-refractivity contribution in [3.63, 3.8) is 0 Å². The normalized spacial score (nSPS) is 13.8. The Hall–Kier alpha value is -0.530. The van der Waals surface area contributed by atoms with E-state index >= 15 is 0 Å². The van der Waals surface area contributed by atoms with Gasteiger partial charge in [-0.15, -0.1) is 0 Å². The summed E-state index contributed by atoms with van der Waals surface area (Å²) in [5.41, 5.74) is 4.99. The smallest absolute Gasteiger partial charge is 0.217 e. The molecule has 2 heteroatoms. The number of hydrogen-bond acceptors (Lipinski definition) is 1. The van der Waals surface area contributed by atoms with Gasteiger partial charge in [-0.25, -0.2) is 0 Å². The Labute approximate surface area is 56.4 Å². The Morgan fingerprint density at radius 2 is 1.89 bits per heavy atom. The van der Waals surface area contributed by atoms with Crippen molar-refractivity contribution in [1.82, 2.24) is 0 Å². The molecule has 1 amide bonds. The predicted molar refractivity (Wildman–Crippen MR) is 37.8 cm³/mol. The molecule has 0 rings (SSSR count). The Bertz CT molecular complexity index is 99.1. The van der Waals surface area contributed by atoms with Crippen molar-refractivity contribution in [2.75, 3.05) is 0 Å². The molecule has 0 aromatic rings. The highest BCUT2D eigenvalue weighted by Crippen LogP contribution is 2.12. The second-order valence-corrected chi connectivity index (χ2v) is 2.89. The summed E-state index contributed by atoms with van der Waals surface area (Å²) in [4.78, 5) is 10.3. The zero-order valence-corrected chi connectivity index (χ0v) is 6.35. The zero-order valence-electron chi connectivity index (χ0n) is 6.35. The third-order valence-electron chi connectivity index (χ3n) is 1.66. The first-order chi connectivity index (χ1) is 4.04. The SMILES string of the molecule is CC(C)[C@H](C)CC(N)=O. The predicted octanol–water partition coefficient (Wildman–Crippen LogP) is 1.15. The molecule has 0 saturated carbocycles. The summed E-state index contributed by atoms with van der Waals surface area (Å²) in [6.45, 7) is 6.22. The van der Waals surface area contributed by atoms with Gasteiger partial charge >= 0.3 is 0 Å². The first-order valence-electron chi connectivity index (χ1n) is 3.32. The van der Waals surface area contributed by atoms with Crippen molar-refractivity contribution in [3.8, 4) is 0 Å². The number of amides is 1. The topological polar surface area (TPSA) is 43.1 Å². The molecular formula is C7H15NO. The number of carbonyl (C=O) groups excluding carboxylic acids is 1. The average molecular weight is 129 g/mol. The number of hydrogen-bond donors (Lipinski definition) is 1. The Balaban J connectivity index is 3.50. The maximum atomic E-state index is 10.3. The summed E-state index contributed by atoms with van der Waals surface area (Å²) < 4.78 is 0. The van der Waals surface area contributed by atoms with Gasteiger partial charge in [-0.2, -0.15) is 0 Å². The molecule has 0 saturated heterocycles. The minimum absolute atomic E-state index is 0.198. The van der Waals surface area contributed by atoms with Crippen LogP contribution < -0.4 is 5.73 Å². The second-order valence-electron chi connectivity index (χ2n) is 2.89. The van der Waals surface area contributed by atoms with E-state index in [1.807, 2.05) is 6.92 Å². The van der Waals surface area contributed by atoms with Crippen LogP contribution in [0.15, 0.2) is 0 Å². The third kappa shape index (κ3) is 4.01. The van der Waals surface area contributed by atoms with E-state index in [0.717, 1.165) is 0 Å². The lowest BCUT2D eigenvalue weighted by Crippen LogP contribution is -2.17. The summed E-state index contributed by atoms with van der Waals surface area (Å²) in [6.07, 6.45) is 0.512. The molecule has 0 spiro atoms. The standard InChI is InChI=1S/C7H15NO/c1-5(2)6(3)4-7(8)9/h5-6H,4H2,1-3H3,(H2,8,9)/t6-/m1/s1. The van der Waals surface area contributed by atoms with Crippen molar-refractivity contribution < 1.29 is 4.79 Å². The van der Waals surface area contributed by atoms with E-state index in [1.165, 1.54) is 0 Å². The first-order valence-corrected chi connectivity index (χ1v) is 3.32. The van der Waals surface area contributed by atoms with Crippen LogP contribution in [-0.4, -0.2) is 5.91 Å². The summed E-state index contributed by atoms with van der Waals surface area (Å²) in [7, 11) is 0. The van der Waals surface area contributed by atoms with Crippen molar-refractivity contribution in [2.45, 2.75) is 27.2 Å². The number of carbonyl (C=O) groups is 1. The quantitative estimate of drug-likeness (QED) is 0.610. The van der Waals surface area contributed by atoms with Gasteiger partial charge in [0, 0.05) is 6.42 Å². The van der Waals surface area contributed by atoms with E-state index in [-0.39, 0.29) is 5.91 Å². The zero-order chi connectivity index (χ0) is 7.44. The molecule has 0 aromatic heterocycles. The minimum atomic E-state index is -0.198. The third-order valence-corrected chi connectivity index (χ3v) is 1.66. The molecule has 0 aliphatic carbocycles. The molecule has 0 aliphatic rings. The molecule has 2 N–H and O–H groups in total. The van der Waals surface area contributed by atoms with Gasteiger partial charge in [0.25, 0.3) is 0 Å². The molecule has 0 radical (unpaired) electrons.